The van der Waals surface area contributed by atoms with Gasteiger partial charge in [0.25, 0.3) is 0 Å². The number of hydrogen-bond acceptors (Lipinski definition) is 3. The van der Waals surface area contributed by atoms with Gasteiger partial charge in [-0.15, -0.1) is 12.4 Å². The number of ether oxygens (including phenoxy) is 1. The predicted molar refractivity (Wildman–Crippen MR) is 59.7 cm³/mol. The predicted octanol–water partition coefficient (Wildman–Crippen LogP) is 2.92. The van der Waals surface area contributed by atoms with Crippen LogP contribution in [0.15, 0.2) is 12.1 Å². The van der Waals surface area contributed by atoms with Crippen LogP contribution in [0, 0.1) is 0 Å². The van der Waals surface area contributed by atoms with Crippen molar-refractivity contribution < 1.29 is 22.7 Å². The molecule has 2 N–H and O–H groups in total. The number of methoxy groups -OCH3 is 1. The van der Waals surface area contributed by atoms with Crippen molar-refractivity contribution >= 4 is 23.9 Å². The van der Waals surface area contributed by atoms with Crippen LogP contribution in [0.3, 0.4) is 0 Å². The highest BCUT2D eigenvalue weighted by molar-refractivity contribution is 5.98. The maximum absolute atomic E-state index is 12.4. The molecular formula is C10H11ClF3NO2. The van der Waals surface area contributed by atoms with Crippen LogP contribution in [-0.2, 0) is 6.18 Å². The van der Waals surface area contributed by atoms with E-state index in [1.165, 1.54) is 7.11 Å². The van der Waals surface area contributed by atoms with E-state index in [1.54, 1.807) is 0 Å². The molecule has 1 aromatic carbocycles. The summed E-state index contributed by atoms with van der Waals surface area (Å²) in [6, 6.07) is 1.48. The highest BCUT2D eigenvalue weighted by atomic mass is 35.5. The Balaban J connectivity index is 0.00000256. The zero-order valence-electron chi connectivity index (χ0n) is 9.09. The van der Waals surface area contributed by atoms with Crippen LogP contribution in [0.25, 0.3) is 0 Å². The minimum atomic E-state index is -4.54. The Bertz CT molecular complexity index is 432. The van der Waals surface area contributed by atoms with Crippen LogP contribution >= 0.6 is 12.4 Å². The van der Waals surface area contributed by atoms with E-state index in [9.17, 15) is 18.0 Å². The van der Waals surface area contributed by atoms with Crippen LogP contribution in [-0.4, -0.2) is 12.9 Å². The monoisotopic (exact) mass is 269 g/mol. The van der Waals surface area contributed by atoms with Gasteiger partial charge in [-0.3, -0.25) is 4.79 Å². The van der Waals surface area contributed by atoms with Crippen molar-refractivity contribution in [2.45, 2.75) is 13.1 Å². The molecule has 0 spiro atoms. The molecule has 1 aromatic rings. The van der Waals surface area contributed by atoms with Crippen molar-refractivity contribution in [1.29, 1.82) is 0 Å². The third-order valence-electron chi connectivity index (χ3n) is 2.03. The van der Waals surface area contributed by atoms with Crippen LogP contribution in [0.4, 0.5) is 18.9 Å². The molecule has 0 unspecified atom stereocenters. The summed E-state index contributed by atoms with van der Waals surface area (Å²) < 4.78 is 42.1. The first-order valence-corrected chi connectivity index (χ1v) is 4.33. The lowest BCUT2D eigenvalue weighted by Crippen LogP contribution is -2.10. The molecule has 7 heteroatoms. The summed E-state index contributed by atoms with van der Waals surface area (Å²) in [5.41, 5.74) is 4.05. The second-order valence-electron chi connectivity index (χ2n) is 3.20. The number of alkyl halides is 3. The molecule has 0 bridgehead atoms. The summed E-state index contributed by atoms with van der Waals surface area (Å²) >= 11 is 0. The quantitative estimate of drug-likeness (QED) is 0.663. The van der Waals surface area contributed by atoms with Crippen molar-refractivity contribution in [2.75, 3.05) is 12.8 Å². The molecule has 0 heterocycles. The summed E-state index contributed by atoms with van der Waals surface area (Å²) in [5, 5.41) is 0. The van der Waals surface area contributed by atoms with E-state index in [4.69, 9.17) is 10.5 Å². The van der Waals surface area contributed by atoms with E-state index >= 15 is 0 Å². The molecule has 1 rings (SSSR count). The Kier molecular flexibility index (Phi) is 4.82. The zero-order valence-corrected chi connectivity index (χ0v) is 9.91. The fourth-order valence-corrected chi connectivity index (χ4v) is 1.30. The molecule has 0 fully saturated rings. The average Bonchev–Trinajstić information content (AvgIpc) is 2.14. The smallest absolute Gasteiger partial charge is 0.416 e. The fraction of sp³-hybridized carbons (Fsp3) is 0.300. The molecule has 17 heavy (non-hydrogen) atoms. The number of rotatable bonds is 2. The number of nitrogens with two attached hydrogens (primary N) is 1. The topological polar surface area (TPSA) is 52.3 Å². The number of Topliss-reactive ketones (excluding diaryl/α,β-unsaturated/α-hetero) is 1. The van der Waals surface area contributed by atoms with Gasteiger partial charge in [-0.05, 0) is 19.1 Å². The number of halogens is 4. The summed E-state index contributed by atoms with van der Waals surface area (Å²) in [7, 11) is 1.24. The van der Waals surface area contributed by atoms with E-state index in [0.29, 0.717) is 0 Å². The van der Waals surface area contributed by atoms with Crippen LogP contribution in [0.2, 0.25) is 0 Å². The van der Waals surface area contributed by atoms with Crippen LogP contribution in [0.1, 0.15) is 22.8 Å². The number of ketones is 1. The van der Waals surface area contributed by atoms with Crippen molar-refractivity contribution in [2.24, 2.45) is 0 Å². The summed E-state index contributed by atoms with van der Waals surface area (Å²) in [6.07, 6.45) is -4.54. The number of carbonyl (C=O) groups excluding carboxylic acids is 1. The summed E-state index contributed by atoms with van der Waals surface area (Å²) in [4.78, 5) is 11.2. The first kappa shape index (κ1) is 15.6. The van der Waals surface area contributed by atoms with Crippen molar-refractivity contribution in [3.05, 3.63) is 23.3 Å². The third kappa shape index (κ3) is 3.26. The van der Waals surface area contributed by atoms with E-state index in [1.807, 2.05) is 0 Å². The number of carbonyl (C=O) groups is 1. The highest BCUT2D eigenvalue weighted by Crippen LogP contribution is 2.36. The second-order valence-corrected chi connectivity index (χ2v) is 3.20. The Morgan fingerprint density at radius 2 is 1.88 bits per heavy atom. The Morgan fingerprint density at radius 3 is 2.24 bits per heavy atom. The van der Waals surface area contributed by atoms with E-state index in [0.717, 1.165) is 19.1 Å². The lowest BCUT2D eigenvalue weighted by molar-refractivity contribution is -0.137. The minimum Gasteiger partial charge on any atom is -0.494 e. The first-order valence-electron chi connectivity index (χ1n) is 4.33. The van der Waals surface area contributed by atoms with Gasteiger partial charge in [-0.25, -0.2) is 0 Å². The highest BCUT2D eigenvalue weighted by Gasteiger charge is 2.32. The molecule has 0 aliphatic heterocycles. The van der Waals surface area contributed by atoms with Gasteiger partial charge in [0, 0.05) is 0 Å². The van der Waals surface area contributed by atoms with Gasteiger partial charge >= 0.3 is 6.18 Å². The lowest BCUT2D eigenvalue weighted by atomic mass is 10.0. The standard InChI is InChI=1S/C10H10F3NO2.ClH/c1-5(15)7-3-6(10(11,12)13)4-8(14)9(7)16-2;/h3-4H,14H2,1-2H3;1H. The van der Waals surface area contributed by atoms with Gasteiger partial charge in [-0.1, -0.05) is 0 Å². The molecule has 96 valence electrons. The summed E-state index contributed by atoms with van der Waals surface area (Å²) in [6.45, 7) is 1.15. The maximum Gasteiger partial charge on any atom is 0.416 e. The van der Waals surface area contributed by atoms with Crippen LogP contribution < -0.4 is 10.5 Å². The second kappa shape index (κ2) is 5.27. The van der Waals surface area contributed by atoms with Gasteiger partial charge in [0.2, 0.25) is 0 Å². The van der Waals surface area contributed by atoms with E-state index < -0.39 is 17.5 Å². The Labute approximate surface area is 102 Å². The van der Waals surface area contributed by atoms with Crippen molar-refractivity contribution in [3.8, 4) is 5.75 Å². The third-order valence-corrected chi connectivity index (χ3v) is 2.03. The van der Waals surface area contributed by atoms with Gasteiger partial charge in [0.05, 0.1) is 23.9 Å². The number of anilines is 1. The van der Waals surface area contributed by atoms with E-state index in [2.05, 4.69) is 0 Å². The molecule has 0 aromatic heterocycles. The Morgan fingerprint density at radius 1 is 1.35 bits per heavy atom. The minimum absolute atomic E-state index is 0. The summed E-state index contributed by atoms with van der Waals surface area (Å²) in [5.74, 6) is -0.560. The molecule has 0 atom stereocenters. The molecule has 0 amide bonds. The number of benzene rings is 1. The lowest BCUT2D eigenvalue weighted by Gasteiger charge is -2.13. The molecule has 0 saturated carbocycles. The number of hydrogen-bond donors (Lipinski definition) is 1. The molecule has 0 saturated heterocycles. The van der Waals surface area contributed by atoms with E-state index in [-0.39, 0.29) is 29.4 Å². The van der Waals surface area contributed by atoms with Crippen molar-refractivity contribution in [3.63, 3.8) is 0 Å². The van der Waals surface area contributed by atoms with Crippen molar-refractivity contribution in [1.82, 2.24) is 0 Å². The SMILES string of the molecule is COc1c(N)cc(C(F)(F)F)cc1C(C)=O.Cl. The fourth-order valence-electron chi connectivity index (χ4n) is 1.30. The van der Waals surface area contributed by atoms with Gasteiger partial charge in [-0.2, -0.15) is 13.2 Å². The molecule has 3 nitrogen and oxygen atoms in total. The molecule has 0 radical (unpaired) electrons. The molecular weight excluding hydrogens is 259 g/mol. The maximum atomic E-state index is 12.4. The Hall–Kier alpha value is -1.43. The van der Waals surface area contributed by atoms with Gasteiger partial charge in [0.15, 0.2) is 11.5 Å². The first-order chi connectivity index (χ1) is 7.27. The van der Waals surface area contributed by atoms with Gasteiger partial charge < -0.3 is 10.5 Å². The average molecular weight is 270 g/mol. The largest absolute Gasteiger partial charge is 0.494 e. The zero-order chi connectivity index (χ0) is 12.5. The van der Waals surface area contributed by atoms with Crippen LogP contribution in [0.5, 0.6) is 5.75 Å². The number of nitrogen functional groups attached to an aromatic ring is 1. The normalized spacial score (nSPS) is 10.6. The molecule has 0 aliphatic carbocycles. The molecule has 0 aliphatic rings. The van der Waals surface area contributed by atoms with Gasteiger partial charge in [0.1, 0.15) is 0 Å².